The van der Waals surface area contributed by atoms with Gasteiger partial charge in [0, 0.05) is 30.4 Å². The Bertz CT molecular complexity index is 316. The summed E-state index contributed by atoms with van der Waals surface area (Å²) >= 11 is 0. The number of H-pyrrole nitrogens is 1. The van der Waals surface area contributed by atoms with Gasteiger partial charge in [0.15, 0.2) is 0 Å². The zero-order valence-corrected chi connectivity index (χ0v) is 10.1. The standard InChI is InChI=1S/C13H22N2/c1-4-6-13-11-7-8-14-12(11)9-10(5-2)15(13)3/h7-8,10,13-14H,4-6,9H2,1-3H3/t10-,13+/m0/s1. The van der Waals surface area contributed by atoms with Crippen molar-refractivity contribution in [2.24, 2.45) is 0 Å². The smallest absolute Gasteiger partial charge is 0.0365 e. The average Bonchev–Trinajstić information content (AvgIpc) is 2.69. The number of aromatic nitrogens is 1. The lowest BCUT2D eigenvalue weighted by molar-refractivity contribution is 0.141. The van der Waals surface area contributed by atoms with Gasteiger partial charge >= 0.3 is 0 Å². The van der Waals surface area contributed by atoms with E-state index in [-0.39, 0.29) is 0 Å². The van der Waals surface area contributed by atoms with E-state index in [0.717, 1.165) is 0 Å². The molecule has 0 saturated heterocycles. The number of nitrogens with zero attached hydrogens (tertiary/aromatic N) is 1. The largest absolute Gasteiger partial charge is 0.365 e. The van der Waals surface area contributed by atoms with Crippen LogP contribution in [-0.4, -0.2) is 23.0 Å². The predicted octanol–water partition coefficient (Wildman–Crippen LogP) is 3.12. The quantitative estimate of drug-likeness (QED) is 0.805. The minimum Gasteiger partial charge on any atom is -0.365 e. The maximum atomic E-state index is 3.40. The first-order valence-corrected chi connectivity index (χ1v) is 6.16. The summed E-state index contributed by atoms with van der Waals surface area (Å²) in [6, 6.07) is 3.61. The molecule has 2 heterocycles. The molecular formula is C13H22N2. The van der Waals surface area contributed by atoms with E-state index >= 15 is 0 Å². The van der Waals surface area contributed by atoms with Crippen LogP contribution in [0.25, 0.3) is 0 Å². The Morgan fingerprint density at radius 1 is 1.47 bits per heavy atom. The van der Waals surface area contributed by atoms with Crippen molar-refractivity contribution >= 4 is 0 Å². The Labute approximate surface area is 92.7 Å². The summed E-state index contributed by atoms with van der Waals surface area (Å²) in [5.41, 5.74) is 3.00. The van der Waals surface area contributed by atoms with Crippen molar-refractivity contribution in [3.63, 3.8) is 0 Å². The predicted molar refractivity (Wildman–Crippen MR) is 64.0 cm³/mol. The van der Waals surface area contributed by atoms with Crippen LogP contribution in [0.15, 0.2) is 12.3 Å². The number of likely N-dealkylation sites (N-methyl/N-ethyl adjacent to an activating group) is 1. The molecule has 2 heteroatoms. The SMILES string of the molecule is CCC[C@@H]1c2cc[nH]c2C[C@H](CC)N1C. The Balaban J connectivity index is 2.28. The van der Waals surface area contributed by atoms with Crippen LogP contribution in [0.1, 0.15) is 50.4 Å². The first kappa shape index (κ1) is 10.7. The zero-order valence-electron chi connectivity index (χ0n) is 10.1. The van der Waals surface area contributed by atoms with Gasteiger partial charge in [-0.15, -0.1) is 0 Å². The molecule has 0 fully saturated rings. The number of rotatable bonds is 3. The van der Waals surface area contributed by atoms with E-state index < -0.39 is 0 Å². The first-order chi connectivity index (χ1) is 7.27. The molecule has 0 unspecified atom stereocenters. The highest BCUT2D eigenvalue weighted by molar-refractivity contribution is 5.28. The molecule has 1 aliphatic rings. The Morgan fingerprint density at radius 2 is 2.27 bits per heavy atom. The monoisotopic (exact) mass is 206 g/mol. The molecule has 0 bridgehead atoms. The Morgan fingerprint density at radius 3 is 2.93 bits per heavy atom. The van der Waals surface area contributed by atoms with Crippen LogP contribution in [0.3, 0.4) is 0 Å². The molecule has 1 N–H and O–H groups in total. The van der Waals surface area contributed by atoms with Crippen molar-refractivity contribution in [2.45, 2.75) is 51.6 Å². The molecule has 0 radical (unpaired) electrons. The Hall–Kier alpha value is -0.760. The van der Waals surface area contributed by atoms with Gasteiger partial charge in [-0.05, 0) is 31.5 Å². The zero-order chi connectivity index (χ0) is 10.8. The van der Waals surface area contributed by atoms with E-state index in [1.54, 1.807) is 0 Å². The summed E-state index contributed by atoms with van der Waals surface area (Å²) in [4.78, 5) is 5.97. The number of aromatic amines is 1. The third-order valence-corrected chi connectivity index (χ3v) is 3.77. The van der Waals surface area contributed by atoms with Crippen LogP contribution in [0.4, 0.5) is 0 Å². The molecule has 0 aliphatic carbocycles. The van der Waals surface area contributed by atoms with Gasteiger partial charge in [-0.3, -0.25) is 4.90 Å². The van der Waals surface area contributed by atoms with E-state index in [4.69, 9.17) is 0 Å². The van der Waals surface area contributed by atoms with Crippen LogP contribution < -0.4 is 0 Å². The molecule has 1 aromatic rings. The molecule has 15 heavy (non-hydrogen) atoms. The molecule has 0 aromatic carbocycles. The lowest BCUT2D eigenvalue weighted by Crippen LogP contribution is -2.40. The van der Waals surface area contributed by atoms with E-state index in [9.17, 15) is 0 Å². The number of hydrogen-bond donors (Lipinski definition) is 1. The summed E-state index contributed by atoms with van der Waals surface area (Å²) in [7, 11) is 2.28. The lowest BCUT2D eigenvalue weighted by atomic mass is 9.90. The van der Waals surface area contributed by atoms with Crippen LogP contribution in [0, 0.1) is 0 Å². The van der Waals surface area contributed by atoms with Crippen LogP contribution in [0.5, 0.6) is 0 Å². The third kappa shape index (κ3) is 1.83. The second-order valence-corrected chi connectivity index (χ2v) is 4.65. The molecule has 1 aliphatic heterocycles. The minimum atomic E-state index is 0.634. The molecule has 0 amide bonds. The summed E-state index contributed by atoms with van der Waals surface area (Å²) in [5, 5.41) is 0. The van der Waals surface area contributed by atoms with Gasteiger partial charge < -0.3 is 4.98 Å². The summed E-state index contributed by atoms with van der Waals surface area (Å²) < 4.78 is 0. The minimum absolute atomic E-state index is 0.634. The van der Waals surface area contributed by atoms with Crippen molar-refractivity contribution < 1.29 is 0 Å². The maximum Gasteiger partial charge on any atom is 0.0365 e. The number of fused-ring (bicyclic) bond motifs is 1. The van der Waals surface area contributed by atoms with Gasteiger partial charge in [0.25, 0.3) is 0 Å². The highest BCUT2D eigenvalue weighted by atomic mass is 15.2. The average molecular weight is 206 g/mol. The second-order valence-electron chi connectivity index (χ2n) is 4.65. The van der Waals surface area contributed by atoms with Crippen molar-refractivity contribution in [2.75, 3.05) is 7.05 Å². The fraction of sp³-hybridized carbons (Fsp3) is 0.692. The fourth-order valence-electron chi connectivity index (χ4n) is 2.82. The highest BCUT2D eigenvalue weighted by Crippen LogP contribution is 2.35. The molecule has 0 saturated carbocycles. The first-order valence-electron chi connectivity index (χ1n) is 6.16. The summed E-state index contributed by atoms with van der Waals surface area (Å²) in [6.45, 7) is 4.56. The van der Waals surface area contributed by atoms with Gasteiger partial charge in [0.2, 0.25) is 0 Å². The van der Waals surface area contributed by atoms with Gasteiger partial charge in [0.1, 0.15) is 0 Å². The van der Waals surface area contributed by atoms with Crippen LogP contribution in [0.2, 0.25) is 0 Å². The van der Waals surface area contributed by atoms with E-state index in [1.807, 2.05) is 0 Å². The molecule has 2 atom stereocenters. The number of hydrogen-bond acceptors (Lipinski definition) is 1. The van der Waals surface area contributed by atoms with Gasteiger partial charge in [0.05, 0.1) is 0 Å². The topological polar surface area (TPSA) is 19.0 Å². The van der Waals surface area contributed by atoms with Gasteiger partial charge in [-0.25, -0.2) is 0 Å². The fourth-order valence-corrected chi connectivity index (χ4v) is 2.82. The van der Waals surface area contributed by atoms with Gasteiger partial charge in [-0.1, -0.05) is 20.3 Å². The van der Waals surface area contributed by atoms with Crippen molar-refractivity contribution in [3.05, 3.63) is 23.5 Å². The van der Waals surface area contributed by atoms with Gasteiger partial charge in [-0.2, -0.15) is 0 Å². The van der Waals surface area contributed by atoms with E-state index in [0.29, 0.717) is 12.1 Å². The molecule has 2 nitrogen and oxygen atoms in total. The van der Waals surface area contributed by atoms with Crippen molar-refractivity contribution in [1.82, 2.24) is 9.88 Å². The van der Waals surface area contributed by atoms with Crippen molar-refractivity contribution in [3.8, 4) is 0 Å². The highest BCUT2D eigenvalue weighted by Gasteiger charge is 2.30. The second kappa shape index (κ2) is 4.40. The van der Waals surface area contributed by atoms with Crippen molar-refractivity contribution in [1.29, 1.82) is 0 Å². The summed E-state index contributed by atoms with van der Waals surface area (Å²) in [5.74, 6) is 0. The molecule has 2 rings (SSSR count). The summed E-state index contributed by atoms with van der Waals surface area (Å²) in [6.07, 6.45) is 7.07. The molecular weight excluding hydrogens is 184 g/mol. The molecule has 84 valence electrons. The Kier molecular flexibility index (Phi) is 3.15. The third-order valence-electron chi connectivity index (χ3n) is 3.77. The maximum absolute atomic E-state index is 3.40. The molecule has 1 aromatic heterocycles. The van der Waals surface area contributed by atoms with E-state index in [1.165, 1.54) is 36.9 Å². The van der Waals surface area contributed by atoms with E-state index in [2.05, 4.69) is 43.0 Å². The number of nitrogens with one attached hydrogen (secondary N) is 1. The normalized spacial score (nSPS) is 26.6. The molecule has 0 spiro atoms. The van der Waals surface area contributed by atoms with Crippen LogP contribution >= 0.6 is 0 Å². The van der Waals surface area contributed by atoms with Crippen LogP contribution in [-0.2, 0) is 6.42 Å². The lowest BCUT2D eigenvalue weighted by Gasteiger charge is -2.39.